The van der Waals surface area contributed by atoms with E-state index in [1.54, 1.807) is 12.1 Å². The lowest BCUT2D eigenvalue weighted by atomic mass is 9.99. The van der Waals surface area contributed by atoms with Gasteiger partial charge < -0.3 is 9.64 Å². The zero-order valence-corrected chi connectivity index (χ0v) is 13.6. The van der Waals surface area contributed by atoms with Crippen LogP contribution < -0.4 is 4.74 Å². The van der Waals surface area contributed by atoms with E-state index >= 15 is 0 Å². The Labute approximate surface area is 132 Å². The predicted octanol–water partition coefficient (Wildman–Crippen LogP) is 4.88. The molecule has 2 rings (SSSR count). The molecule has 1 saturated heterocycles. The van der Waals surface area contributed by atoms with Crippen LogP contribution >= 0.6 is 23.2 Å². The van der Waals surface area contributed by atoms with Gasteiger partial charge in [0.2, 0.25) is 0 Å². The highest BCUT2D eigenvalue weighted by Crippen LogP contribution is 2.32. The maximum atomic E-state index is 6.06. The van der Waals surface area contributed by atoms with E-state index in [1.165, 1.54) is 32.5 Å². The summed E-state index contributed by atoms with van der Waals surface area (Å²) in [5.74, 6) is 1.51. The van der Waals surface area contributed by atoms with Gasteiger partial charge in [-0.15, -0.1) is 0 Å². The number of hydrogen-bond donors (Lipinski definition) is 0. The average Bonchev–Trinajstić information content (AvgIpc) is 2.43. The number of para-hydroxylation sites is 1. The summed E-state index contributed by atoms with van der Waals surface area (Å²) in [5.41, 5.74) is 0. The number of hydrogen-bond acceptors (Lipinski definition) is 2. The van der Waals surface area contributed by atoms with Crippen LogP contribution in [0.4, 0.5) is 0 Å². The molecule has 1 fully saturated rings. The second-order valence-corrected chi connectivity index (χ2v) is 6.44. The molecule has 0 aliphatic carbocycles. The van der Waals surface area contributed by atoms with Gasteiger partial charge in [0.25, 0.3) is 0 Å². The maximum Gasteiger partial charge on any atom is 0.156 e. The summed E-state index contributed by atoms with van der Waals surface area (Å²) < 4.78 is 5.69. The molecule has 2 nitrogen and oxygen atoms in total. The third-order valence-electron chi connectivity index (χ3n) is 3.91. The maximum absolute atomic E-state index is 6.06. The Kier molecular flexibility index (Phi) is 6.47. The van der Waals surface area contributed by atoms with Crippen molar-refractivity contribution in [1.82, 2.24) is 4.90 Å². The molecule has 0 bridgehead atoms. The van der Waals surface area contributed by atoms with Crippen LogP contribution in [0, 0.1) is 5.92 Å². The number of rotatable bonds is 6. The smallest absolute Gasteiger partial charge is 0.156 e. The number of halogens is 2. The van der Waals surface area contributed by atoms with Crippen LogP contribution in [0.25, 0.3) is 0 Å². The lowest BCUT2D eigenvalue weighted by molar-refractivity contribution is 0.185. The second kappa shape index (κ2) is 8.11. The summed E-state index contributed by atoms with van der Waals surface area (Å²) in [6.45, 7) is 6.69. The van der Waals surface area contributed by atoms with E-state index < -0.39 is 0 Å². The minimum atomic E-state index is 0.586. The molecule has 1 aromatic rings. The zero-order chi connectivity index (χ0) is 14.4. The molecule has 0 radical (unpaired) electrons. The number of ether oxygens (including phenoxy) is 1. The highest BCUT2D eigenvalue weighted by molar-refractivity contribution is 6.37. The van der Waals surface area contributed by atoms with Gasteiger partial charge in [0.15, 0.2) is 5.75 Å². The van der Waals surface area contributed by atoms with Crippen LogP contribution in [0.15, 0.2) is 18.2 Å². The fourth-order valence-corrected chi connectivity index (χ4v) is 3.02. The predicted molar refractivity (Wildman–Crippen MR) is 86.0 cm³/mol. The number of benzene rings is 1. The fourth-order valence-electron chi connectivity index (χ4n) is 2.52. The van der Waals surface area contributed by atoms with Gasteiger partial charge in [0, 0.05) is 0 Å². The van der Waals surface area contributed by atoms with Crippen molar-refractivity contribution in [3.05, 3.63) is 28.2 Å². The van der Waals surface area contributed by atoms with Crippen molar-refractivity contribution in [2.75, 3.05) is 26.2 Å². The van der Waals surface area contributed by atoms with Gasteiger partial charge in [-0.2, -0.15) is 0 Å². The Morgan fingerprint density at radius 3 is 2.45 bits per heavy atom. The molecule has 1 aromatic carbocycles. The first-order valence-electron chi connectivity index (χ1n) is 7.46. The van der Waals surface area contributed by atoms with Gasteiger partial charge >= 0.3 is 0 Å². The van der Waals surface area contributed by atoms with Crippen LogP contribution in [-0.2, 0) is 0 Å². The lowest BCUT2D eigenvalue weighted by Crippen LogP contribution is -2.33. The number of nitrogens with zero attached hydrogens (tertiary/aromatic N) is 1. The summed E-state index contributed by atoms with van der Waals surface area (Å²) in [6.07, 6.45) is 4.88. The SMILES string of the molecule is CC1CCN(CCCCOc2c(Cl)cccc2Cl)CC1. The highest BCUT2D eigenvalue weighted by atomic mass is 35.5. The average molecular weight is 316 g/mol. The third kappa shape index (κ3) is 4.83. The van der Waals surface area contributed by atoms with Crippen LogP contribution in [0.3, 0.4) is 0 Å². The molecule has 0 aromatic heterocycles. The Morgan fingerprint density at radius 1 is 1.15 bits per heavy atom. The second-order valence-electron chi connectivity index (χ2n) is 5.63. The summed E-state index contributed by atoms with van der Waals surface area (Å²) in [4.78, 5) is 2.56. The molecule has 0 saturated carbocycles. The Hall–Kier alpha value is -0.440. The monoisotopic (exact) mass is 315 g/mol. The van der Waals surface area contributed by atoms with Crippen molar-refractivity contribution in [2.45, 2.75) is 32.6 Å². The molecule has 0 N–H and O–H groups in total. The standard InChI is InChI=1S/C16H23Cl2NO/c1-13-7-10-19(11-8-13)9-2-3-12-20-16-14(17)5-4-6-15(16)18/h4-6,13H,2-3,7-12H2,1H3. The lowest BCUT2D eigenvalue weighted by Gasteiger charge is -2.30. The van der Waals surface area contributed by atoms with Gasteiger partial charge in [-0.3, -0.25) is 0 Å². The van der Waals surface area contributed by atoms with Crippen molar-refractivity contribution < 1.29 is 4.74 Å². The van der Waals surface area contributed by atoms with Gasteiger partial charge in [-0.1, -0.05) is 36.2 Å². The number of piperidine rings is 1. The quantitative estimate of drug-likeness (QED) is 0.693. The van der Waals surface area contributed by atoms with Crippen LogP contribution in [0.5, 0.6) is 5.75 Å². The van der Waals surface area contributed by atoms with E-state index in [9.17, 15) is 0 Å². The molecule has 112 valence electrons. The number of likely N-dealkylation sites (tertiary alicyclic amines) is 1. The molecule has 1 aliphatic rings. The van der Waals surface area contributed by atoms with Crippen molar-refractivity contribution in [3.63, 3.8) is 0 Å². The molecule has 0 amide bonds. The molecule has 0 spiro atoms. The fraction of sp³-hybridized carbons (Fsp3) is 0.625. The Balaban J connectivity index is 1.62. The van der Waals surface area contributed by atoms with Crippen LogP contribution in [0.2, 0.25) is 10.0 Å². The highest BCUT2D eigenvalue weighted by Gasteiger charge is 2.14. The van der Waals surface area contributed by atoms with Gasteiger partial charge in [0.1, 0.15) is 0 Å². The molecule has 20 heavy (non-hydrogen) atoms. The van der Waals surface area contributed by atoms with Crippen molar-refractivity contribution >= 4 is 23.2 Å². The molecule has 4 heteroatoms. The van der Waals surface area contributed by atoms with Gasteiger partial charge in [-0.25, -0.2) is 0 Å². The zero-order valence-electron chi connectivity index (χ0n) is 12.1. The molecule has 0 unspecified atom stereocenters. The van der Waals surface area contributed by atoms with Crippen molar-refractivity contribution in [3.8, 4) is 5.75 Å². The van der Waals surface area contributed by atoms with Gasteiger partial charge in [0.05, 0.1) is 16.7 Å². The van der Waals surface area contributed by atoms with E-state index in [2.05, 4.69) is 11.8 Å². The first-order valence-corrected chi connectivity index (χ1v) is 8.21. The van der Waals surface area contributed by atoms with Crippen molar-refractivity contribution in [2.24, 2.45) is 5.92 Å². The summed E-state index contributed by atoms with van der Waals surface area (Å²) >= 11 is 12.1. The minimum Gasteiger partial charge on any atom is -0.490 e. The summed E-state index contributed by atoms with van der Waals surface area (Å²) in [7, 11) is 0. The van der Waals surface area contributed by atoms with E-state index in [0.717, 1.165) is 18.8 Å². The molecule has 1 aliphatic heterocycles. The van der Waals surface area contributed by atoms with E-state index in [4.69, 9.17) is 27.9 Å². The first kappa shape index (κ1) is 15.9. The normalized spacial score (nSPS) is 17.4. The number of unbranched alkanes of at least 4 members (excludes halogenated alkanes) is 1. The van der Waals surface area contributed by atoms with E-state index in [-0.39, 0.29) is 0 Å². The summed E-state index contributed by atoms with van der Waals surface area (Å²) in [6, 6.07) is 5.43. The third-order valence-corrected chi connectivity index (χ3v) is 4.51. The van der Waals surface area contributed by atoms with Gasteiger partial charge in [-0.05, 0) is 63.4 Å². The van der Waals surface area contributed by atoms with E-state index in [1.807, 2.05) is 6.07 Å². The topological polar surface area (TPSA) is 12.5 Å². The largest absolute Gasteiger partial charge is 0.490 e. The Bertz CT molecular complexity index is 397. The first-order chi connectivity index (χ1) is 9.66. The summed E-state index contributed by atoms with van der Waals surface area (Å²) in [5, 5.41) is 1.17. The Morgan fingerprint density at radius 2 is 1.80 bits per heavy atom. The molecule has 0 atom stereocenters. The van der Waals surface area contributed by atoms with Crippen molar-refractivity contribution in [1.29, 1.82) is 0 Å². The van der Waals surface area contributed by atoms with Crippen LogP contribution in [0.1, 0.15) is 32.6 Å². The van der Waals surface area contributed by atoms with Crippen LogP contribution in [-0.4, -0.2) is 31.1 Å². The minimum absolute atomic E-state index is 0.586. The molecule has 1 heterocycles. The molecular formula is C16H23Cl2NO. The molecular weight excluding hydrogens is 293 g/mol. The van der Waals surface area contributed by atoms with E-state index in [0.29, 0.717) is 22.4 Å².